The van der Waals surface area contributed by atoms with Crippen LogP contribution in [0.2, 0.25) is 0 Å². The average Bonchev–Trinajstić information content (AvgIpc) is 2.53. The van der Waals surface area contributed by atoms with Crippen molar-refractivity contribution in [3.8, 4) is 0 Å². The zero-order valence-electron chi connectivity index (χ0n) is 11.6. The zero-order valence-corrected chi connectivity index (χ0v) is 11.6. The van der Waals surface area contributed by atoms with Gasteiger partial charge in [0, 0.05) is 11.8 Å². The third kappa shape index (κ3) is 4.47. The lowest BCUT2D eigenvalue weighted by Crippen LogP contribution is -2.29. The van der Waals surface area contributed by atoms with Crippen LogP contribution in [0.3, 0.4) is 0 Å². The van der Waals surface area contributed by atoms with Crippen LogP contribution in [0.15, 0.2) is 60.7 Å². The Kier molecular flexibility index (Phi) is 5.12. The summed E-state index contributed by atoms with van der Waals surface area (Å²) >= 11 is 0. The van der Waals surface area contributed by atoms with Crippen molar-refractivity contribution in [2.75, 3.05) is 12.3 Å². The predicted octanol–water partition coefficient (Wildman–Crippen LogP) is 2.13. The Morgan fingerprint density at radius 1 is 1.14 bits per heavy atom. The highest BCUT2D eigenvalue weighted by atomic mass is 16.3. The number of anilines is 1. The van der Waals surface area contributed by atoms with E-state index in [1.807, 2.05) is 42.5 Å². The maximum absolute atomic E-state index is 11.9. The Labute approximate surface area is 123 Å². The second kappa shape index (κ2) is 7.26. The second-order valence-corrected chi connectivity index (χ2v) is 4.65. The number of aliphatic hydroxyl groups is 1. The first-order valence-corrected chi connectivity index (χ1v) is 6.69. The molecular formula is C17H18N2O2. The maximum Gasteiger partial charge on any atom is 0.244 e. The fourth-order valence-electron chi connectivity index (χ4n) is 1.92. The molecule has 1 atom stereocenters. The first-order chi connectivity index (χ1) is 10.2. The fourth-order valence-corrected chi connectivity index (χ4v) is 1.92. The van der Waals surface area contributed by atoms with Crippen LogP contribution in [0.1, 0.15) is 17.2 Å². The molecule has 21 heavy (non-hydrogen) atoms. The minimum Gasteiger partial charge on any atom is -0.399 e. The van der Waals surface area contributed by atoms with Crippen molar-refractivity contribution >= 4 is 17.7 Å². The number of hydrogen-bond acceptors (Lipinski definition) is 3. The molecule has 0 heterocycles. The minimum absolute atomic E-state index is 0.147. The number of aliphatic hydroxyl groups excluding tert-OH is 1. The number of amides is 1. The van der Waals surface area contributed by atoms with Crippen LogP contribution >= 0.6 is 0 Å². The van der Waals surface area contributed by atoms with E-state index in [2.05, 4.69) is 5.32 Å². The molecule has 4 N–H and O–H groups in total. The van der Waals surface area contributed by atoms with E-state index in [4.69, 9.17) is 5.73 Å². The van der Waals surface area contributed by atoms with E-state index >= 15 is 0 Å². The van der Waals surface area contributed by atoms with Gasteiger partial charge in [0.05, 0.1) is 12.6 Å². The Hall–Kier alpha value is -2.59. The summed E-state index contributed by atoms with van der Waals surface area (Å²) < 4.78 is 0. The average molecular weight is 282 g/mol. The number of nitrogens with one attached hydrogen (secondary N) is 1. The van der Waals surface area contributed by atoms with Crippen molar-refractivity contribution in [3.63, 3.8) is 0 Å². The zero-order chi connectivity index (χ0) is 15.1. The first kappa shape index (κ1) is 14.8. The summed E-state index contributed by atoms with van der Waals surface area (Å²) in [6.45, 7) is -0.147. The Balaban J connectivity index is 1.98. The van der Waals surface area contributed by atoms with Gasteiger partial charge in [-0.05, 0) is 29.3 Å². The molecule has 0 spiro atoms. The van der Waals surface area contributed by atoms with Crippen molar-refractivity contribution in [2.24, 2.45) is 0 Å². The molecule has 0 saturated heterocycles. The molecule has 0 aromatic heterocycles. The van der Waals surface area contributed by atoms with Crippen molar-refractivity contribution in [1.82, 2.24) is 5.32 Å². The van der Waals surface area contributed by atoms with Gasteiger partial charge in [-0.3, -0.25) is 4.79 Å². The first-order valence-electron chi connectivity index (χ1n) is 6.69. The summed E-state index contributed by atoms with van der Waals surface area (Å²) in [5.41, 5.74) is 8.04. The van der Waals surface area contributed by atoms with Crippen LogP contribution in [0.5, 0.6) is 0 Å². The molecule has 2 aromatic rings. The van der Waals surface area contributed by atoms with Gasteiger partial charge in [0.2, 0.25) is 5.91 Å². The van der Waals surface area contributed by atoms with Gasteiger partial charge in [-0.25, -0.2) is 0 Å². The SMILES string of the molecule is Nc1ccc(/C=C/C(=O)N[C@@H](CO)c2ccccc2)cc1. The summed E-state index contributed by atoms with van der Waals surface area (Å²) in [6.07, 6.45) is 3.14. The summed E-state index contributed by atoms with van der Waals surface area (Å²) in [6, 6.07) is 16.2. The number of nitrogens with two attached hydrogens (primary N) is 1. The Bertz CT molecular complexity index is 606. The molecule has 0 bridgehead atoms. The number of benzene rings is 2. The van der Waals surface area contributed by atoms with Gasteiger partial charge in [-0.15, -0.1) is 0 Å². The monoisotopic (exact) mass is 282 g/mol. The smallest absolute Gasteiger partial charge is 0.244 e. The molecule has 0 radical (unpaired) electrons. The van der Waals surface area contributed by atoms with Crippen molar-refractivity contribution in [1.29, 1.82) is 0 Å². The molecular weight excluding hydrogens is 264 g/mol. The standard InChI is InChI=1S/C17H18N2O2/c18-15-9-6-13(7-10-15)8-11-17(21)19-16(12-20)14-4-2-1-3-5-14/h1-11,16,20H,12,18H2,(H,19,21)/b11-8+/t16-/m0/s1. The topological polar surface area (TPSA) is 75.4 Å². The van der Waals surface area contributed by atoms with E-state index in [-0.39, 0.29) is 12.5 Å². The summed E-state index contributed by atoms with van der Waals surface area (Å²) in [4.78, 5) is 11.9. The lowest BCUT2D eigenvalue weighted by molar-refractivity contribution is -0.117. The molecule has 0 aliphatic carbocycles. The highest BCUT2D eigenvalue weighted by molar-refractivity contribution is 5.92. The number of carbonyl (C=O) groups is 1. The van der Waals surface area contributed by atoms with Crippen LogP contribution in [-0.2, 0) is 4.79 Å². The van der Waals surface area contributed by atoms with E-state index in [1.165, 1.54) is 6.08 Å². The van der Waals surface area contributed by atoms with Gasteiger partial charge >= 0.3 is 0 Å². The molecule has 4 heteroatoms. The van der Waals surface area contributed by atoms with E-state index < -0.39 is 6.04 Å². The number of rotatable bonds is 5. The summed E-state index contributed by atoms with van der Waals surface area (Å²) in [5, 5.41) is 12.2. The predicted molar refractivity (Wildman–Crippen MR) is 84.3 cm³/mol. The molecule has 0 unspecified atom stereocenters. The Morgan fingerprint density at radius 2 is 1.81 bits per heavy atom. The van der Waals surface area contributed by atoms with Gasteiger partial charge in [0.15, 0.2) is 0 Å². The van der Waals surface area contributed by atoms with Gasteiger partial charge in [-0.1, -0.05) is 42.5 Å². The molecule has 2 aromatic carbocycles. The van der Waals surface area contributed by atoms with Crippen molar-refractivity contribution < 1.29 is 9.90 Å². The van der Waals surface area contributed by atoms with Crippen LogP contribution < -0.4 is 11.1 Å². The van der Waals surface area contributed by atoms with E-state index in [9.17, 15) is 9.90 Å². The van der Waals surface area contributed by atoms with Crippen LogP contribution in [0, 0.1) is 0 Å². The lowest BCUT2D eigenvalue weighted by atomic mass is 10.1. The quantitative estimate of drug-likeness (QED) is 0.581. The molecule has 1 amide bonds. The van der Waals surface area contributed by atoms with Crippen LogP contribution in [-0.4, -0.2) is 17.6 Å². The van der Waals surface area contributed by atoms with Crippen LogP contribution in [0.25, 0.3) is 6.08 Å². The highest BCUT2D eigenvalue weighted by Crippen LogP contribution is 2.12. The summed E-state index contributed by atoms with van der Waals surface area (Å²) in [5.74, 6) is -0.255. The number of nitrogen functional groups attached to an aromatic ring is 1. The van der Waals surface area contributed by atoms with E-state index in [0.29, 0.717) is 5.69 Å². The highest BCUT2D eigenvalue weighted by Gasteiger charge is 2.11. The Morgan fingerprint density at radius 3 is 2.43 bits per heavy atom. The third-order valence-electron chi connectivity index (χ3n) is 3.06. The molecule has 0 aliphatic heterocycles. The van der Waals surface area contributed by atoms with Crippen LogP contribution in [0.4, 0.5) is 5.69 Å². The van der Waals surface area contributed by atoms with Gasteiger partial charge < -0.3 is 16.2 Å². The molecule has 0 aliphatic rings. The third-order valence-corrected chi connectivity index (χ3v) is 3.06. The fraction of sp³-hybridized carbons (Fsp3) is 0.118. The minimum atomic E-state index is -0.408. The summed E-state index contributed by atoms with van der Waals surface area (Å²) in [7, 11) is 0. The molecule has 2 rings (SSSR count). The molecule has 108 valence electrons. The second-order valence-electron chi connectivity index (χ2n) is 4.65. The normalized spacial score (nSPS) is 12.2. The maximum atomic E-state index is 11.9. The van der Waals surface area contributed by atoms with E-state index in [0.717, 1.165) is 11.1 Å². The van der Waals surface area contributed by atoms with Gasteiger partial charge in [0.25, 0.3) is 0 Å². The number of carbonyl (C=O) groups excluding carboxylic acids is 1. The van der Waals surface area contributed by atoms with Gasteiger partial charge in [0.1, 0.15) is 0 Å². The van der Waals surface area contributed by atoms with Crippen molar-refractivity contribution in [2.45, 2.75) is 6.04 Å². The van der Waals surface area contributed by atoms with Crippen molar-refractivity contribution in [3.05, 3.63) is 71.8 Å². The molecule has 4 nitrogen and oxygen atoms in total. The van der Waals surface area contributed by atoms with Gasteiger partial charge in [-0.2, -0.15) is 0 Å². The number of hydrogen-bond donors (Lipinski definition) is 3. The largest absolute Gasteiger partial charge is 0.399 e. The molecule has 0 fully saturated rings. The molecule has 0 saturated carbocycles. The van der Waals surface area contributed by atoms with E-state index in [1.54, 1.807) is 18.2 Å². The lowest BCUT2D eigenvalue weighted by Gasteiger charge is -2.15.